The van der Waals surface area contributed by atoms with Gasteiger partial charge in [-0.2, -0.15) is 13.2 Å². The lowest BCUT2D eigenvalue weighted by Gasteiger charge is -2.26. The minimum atomic E-state index is -4.46. The Kier molecular flexibility index (Phi) is 4.06. The van der Waals surface area contributed by atoms with Gasteiger partial charge in [0.1, 0.15) is 0 Å². The number of halogens is 3. The zero-order chi connectivity index (χ0) is 14.9. The Hall–Kier alpha value is -1.52. The highest BCUT2D eigenvalue weighted by Crippen LogP contribution is 2.42. The Labute approximate surface area is 116 Å². The van der Waals surface area contributed by atoms with Crippen LogP contribution in [0.15, 0.2) is 12.1 Å². The van der Waals surface area contributed by atoms with Crippen molar-refractivity contribution in [1.29, 1.82) is 0 Å². The molecular weight excluding hydrogens is 267 g/mol. The SMILES string of the molecule is Cc1c(C(N)=O)ccc(C2CCCCC2)c1C(F)(F)F. The molecule has 2 rings (SSSR count). The highest BCUT2D eigenvalue weighted by atomic mass is 19.4. The zero-order valence-electron chi connectivity index (χ0n) is 11.4. The molecule has 0 heterocycles. The van der Waals surface area contributed by atoms with Crippen LogP contribution in [0.2, 0.25) is 0 Å². The van der Waals surface area contributed by atoms with E-state index in [1.165, 1.54) is 19.1 Å². The maximum absolute atomic E-state index is 13.4. The first-order chi connectivity index (χ1) is 9.32. The number of amides is 1. The molecule has 0 atom stereocenters. The summed E-state index contributed by atoms with van der Waals surface area (Å²) in [7, 11) is 0. The number of nitrogens with two attached hydrogens (primary N) is 1. The van der Waals surface area contributed by atoms with Gasteiger partial charge in [0, 0.05) is 5.56 Å². The zero-order valence-corrected chi connectivity index (χ0v) is 11.4. The molecule has 0 aromatic heterocycles. The maximum atomic E-state index is 13.4. The van der Waals surface area contributed by atoms with Crippen molar-refractivity contribution >= 4 is 5.91 Å². The number of benzene rings is 1. The molecule has 2 N–H and O–H groups in total. The number of carbonyl (C=O) groups is 1. The number of carbonyl (C=O) groups excluding carboxylic acids is 1. The number of primary amides is 1. The molecule has 0 saturated heterocycles. The normalized spacial score (nSPS) is 17.2. The van der Waals surface area contributed by atoms with Crippen LogP contribution in [0, 0.1) is 6.92 Å². The summed E-state index contributed by atoms with van der Waals surface area (Å²) >= 11 is 0. The number of hydrogen-bond donors (Lipinski definition) is 1. The van der Waals surface area contributed by atoms with Gasteiger partial charge in [-0.15, -0.1) is 0 Å². The third-order valence-corrected chi connectivity index (χ3v) is 4.09. The Balaban J connectivity index is 2.56. The highest BCUT2D eigenvalue weighted by molar-refractivity contribution is 5.94. The highest BCUT2D eigenvalue weighted by Gasteiger charge is 2.38. The van der Waals surface area contributed by atoms with Gasteiger partial charge < -0.3 is 5.73 Å². The average molecular weight is 285 g/mol. The van der Waals surface area contributed by atoms with Crippen molar-refractivity contribution in [2.45, 2.75) is 51.1 Å². The van der Waals surface area contributed by atoms with Gasteiger partial charge >= 0.3 is 6.18 Å². The molecule has 20 heavy (non-hydrogen) atoms. The van der Waals surface area contributed by atoms with E-state index in [0.717, 1.165) is 32.1 Å². The topological polar surface area (TPSA) is 43.1 Å². The molecule has 1 aliphatic carbocycles. The van der Waals surface area contributed by atoms with Crippen molar-refractivity contribution in [3.63, 3.8) is 0 Å². The van der Waals surface area contributed by atoms with Crippen LogP contribution in [-0.4, -0.2) is 5.91 Å². The van der Waals surface area contributed by atoms with E-state index < -0.39 is 17.6 Å². The first kappa shape index (κ1) is 14.9. The minimum absolute atomic E-state index is 0.0446. The van der Waals surface area contributed by atoms with Crippen LogP contribution in [0.5, 0.6) is 0 Å². The fraction of sp³-hybridized carbons (Fsp3) is 0.533. The molecule has 0 aliphatic heterocycles. The maximum Gasteiger partial charge on any atom is 0.416 e. The summed E-state index contributed by atoms with van der Waals surface area (Å²) in [5.41, 5.74) is 4.71. The van der Waals surface area contributed by atoms with E-state index >= 15 is 0 Å². The summed E-state index contributed by atoms with van der Waals surface area (Å²) in [5.74, 6) is -0.885. The fourth-order valence-electron chi connectivity index (χ4n) is 3.13. The lowest BCUT2D eigenvalue weighted by Crippen LogP contribution is -2.20. The van der Waals surface area contributed by atoms with Gasteiger partial charge in [-0.3, -0.25) is 4.79 Å². The average Bonchev–Trinajstić information content (AvgIpc) is 2.37. The molecule has 0 unspecified atom stereocenters. The summed E-state index contributed by atoms with van der Waals surface area (Å²) in [6, 6.07) is 2.86. The van der Waals surface area contributed by atoms with Crippen molar-refractivity contribution in [2.75, 3.05) is 0 Å². The monoisotopic (exact) mass is 285 g/mol. The summed E-state index contributed by atoms with van der Waals surface area (Å²) in [6.45, 7) is 1.33. The van der Waals surface area contributed by atoms with Crippen molar-refractivity contribution in [1.82, 2.24) is 0 Å². The van der Waals surface area contributed by atoms with Crippen LogP contribution < -0.4 is 5.73 Å². The lowest BCUT2D eigenvalue weighted by atomic mass is 9.80. The molecule has 110 valence electrons. The van der Waals surface area contributed by atoms with Gasteiger partial charge in [0.25, 0.3) is 0 Å². The standard InChI is InChI=1S/C15H18F3NO/c1-9-11(14(19)20)7-8-12(13(9)15(16,17)18)10-5-3-2-4-6-10/h7-8,10H,2-6H2,1H3,(H2,19,20). The second kappa shape index (κ2) is 5.46. The van der Waals surface area contributed by atoms with E-state index in [4.69, 9.17) is 5.73 Å². The molecule has 1 aromatic carbocycles. The largest absolute Gasteiger partial charge is 0.416 e. The van der Waals surface area contributed by atoms with E-state index in [1.807, 2.05) is 0 Å². The number of hydrogen-bond acceptors (Lipinski definition) is 1. The Bertz CT molecular complexity index is 517. The third kappa shape index (κ3) is 2.81. The molecule has 1 saturated carbocycles. The summed E-state index contributed by atoms with van der Waals surface area (Å²) in [5, 5.41) is 0. The molecule has 0 bridgehead atoms. The summed E-state index contributed by atoms with van der Waals surface area (Å²) in [4.78, 5) is 11.2. The fourth-order valence-corrected chi connectivity index (χ4v) is 3.13. The van der Waals surface area contributed by atoms with Crippen LogP contribution in [0.4, 0.5) is 13.2 Å². The third-order valence-electron chi connectivity index (χ3n) is 4.09. The van der Waals surface area contributed by atoms with Crippen LogP contribution in [0.3, 0.4) is 0 Å². The number of alkyl halides is 3. The first-order valence-corrected chi connectivity index (χ1v) is 6.83. The van der Waals surface area contributed by atoms with Gasteiger partial charge in [0.2, 0.25) is 5.91 Å². The molecule has 1 fully saturated rings. The predicted octanol–water partition coefficient (Wildman–Crippen LogP) is 4.16. The van der Waals surface area contributed by atoms with Crippen LogP contribution >= 0.6 is 0 Å². The van der Waals surface area contributed by atoms with Gasteiger partial charge in [-0.1, -0.05) is 25.3 Å². The van der Waals surface area contributed by atoms with Gasteiger partial charge in [0.05, 0.1) is 5.56 Å². The van der Waals surface area contributed by atoms with Crippen molar-refractivity contribution in [2.24, 2.45) is 5.73 Å². The second-order valence-electron chi connectivity index (χ2n) is 5.40. The van der Waals surface area contributed by atoms with Crippen LogP contribution in [0.25, 0.3) is 0 Å². The summed E-state index contributed by atoms with van der Waals surface area (Å²) < 4.78 is 40.1. The molecule has 1 amide bonds. The van der Waals surface area contributed by atoms with Gasteiger partial charge in [-0.05, 0) is 42.9 Å². The van der Waals surface area contributed by atoms with E-state index in [0.29, 0.717) is 5.56 Å². The molecular formula is C15H18F3NO. The molecule has 0 radical (unpaired) electrons. The summed E-state index contributed by atoms with van der Waals surface area (Å²) in [6.07, 6.45) is 0.0898. The van der Waals surface area contributed by atoms with Crippen molar-refractivity contribution < 1.29 is 18.0 Å². The number of rotatable bonds is 2. The smallest absolute Gasteiger partial charge is 0.366 e. The van der Waals surface area contributed by atoms with E-state index in [1.54, 1.807) is 0 Å². The van der Waals surface area contributed by atoms with E-state index in [2.05, 4.69) is 0 Å². The van der Waals surface area contributed by atoms with Crippen molar-refractivity contribution in [3.05, 3.63) is 34.4 Å². The predicted molar refractivity (Wildman–Crippen MR) is 70.5 cm³/mol. The quantitative estimate of drug-likeness (QED) is 0.871. The van der Waals surface area contributed by atoms with Gasteiger partial charge in [0.15, 0.2) is 0 Å². The second-order valence-corrected chi connectivity index (χ2v) is 5.40. The molecule has 2 nitrogen and oxygen atoms in total. The van der Waals surface area contributed by atoms with E-state index in [9.17, 15) is 18.0 Å². The molecule has 5 heteroatoms. The van der Waals surface area contributed by atoms with Crippen LogP contribution in [-0.2, 0) is 6.18 Å². The Morgan fingerprint density at radius 2 is 1.80 bits per heavy atom. The van der Waals surface area contributed by atoms with Crippen molar-refractivity contribution in [3.8, 4) is 0 Å². The molecule has 1 aliphatic rings. The first-order valence-electron chi connectivity index (χ1n) is 6.83. The van der Waals surface area contributed by atoms with Gasteiger partial charge in [-0.25, -0.2) is 0 Å². The van der Waals surface area contributed by atoms with E-state index in [-0.39, 0.29) is 17.0 Å². The Morgan fingerprint density at radius 3 is 2.30 bits per heavy atom. The van der Waals surface area contributed by atoms with Crippen LogP contribution in [0.1, 0.15) is 65.1 Å². The molecule has 0 spiro atoms. The molecule has 1 aromatic rings. The lowest BCUT2D eigenvalue weighted by molar-refractivity contribution is -0.138. The minimum Gasteiger partial charge on any atom is -0.366 e. The Morgan fingerprint density at radius 1 is 1.20 bits per heavy atom.